The van der Waals surface area contributed by atoms with Crippen molar-refractivity contribution in [1.29, 1.82) is 0 Å². The molecule has 1 unspecified atom stereocenters. The number of carbonyl (C=O) groups excluding carboxylic acids is 2. The lowest BCUT2D eigenvalue weighted by Crippen LogP contribution is -2.22. The molecule has 1 amide bonds. The van der Waals surface area contributed by atoms with Crippen molar-refractivity contribution >= 4 is 22.9 Å². The molecule has 0 radical (unpaired) electrons. The number of ketones is 1. The van der Waals surface area contributed by atoms with Gasteiger partial charge < -0.3 is 23.9 Å². The van der Waals surface area contributed by atoms with Crippen LogP contribution in [0.5, 0.6) is 5.75 Å². The van der Waals surface area contributed by atoms with E-state index < -0.39 is 11.7 Å². The molecule has 1 saturated heterocycles. The average molecular weight is 625 g/mol. The quantitative estimate of drug-likeness (QED) is 0.156. The van der Waals surface area contributed by atoms with E-state index in [2.05, 4.69) is 10.4 Å². The predicted molar refractivity (Wildman–Crippen MR) is 172 cm³/mol. The van der Waals surface area contributed by atoms with Gasteiger partial charge in [-0.05, 0) is 54.7 Å². The minimum absolute atomic E-state index is 0.0120. The van der Waals surface area contributed by atoms with Crippen LogP contribution in [0.4, 0.5) is 10.1 Å². The first kappa shape index (κ1) is 31.2. The third kappa shape index (κ3) is 6.88. The molecule has 1 fully saturated rings. The van der Waals surface area contributed by atoms with Crippen molar-refractivity contribution in [3.8, 4) is 16.9 Å². The number of hydrogen-bond donors (Lipinski definition) is 1. The molecule has 1 aliphatic rings. The van der Waals surface area contributed by atoms with Crippen LogP contribution in [0.15, 0.2) is 79.3 Å². The Bertz CT molecular complexity index is 1860. The number of fused-ring (bicyclic) bond motifs is 1. The summed E-state index contributed by atoms with van der Waals surface area (Å²) in [5.41, 5.74) is 3.53. The highest BCUT2D eigenvalue weighted by molar-refractivity contribution is 6.12. The number of anilines is 1. The number of amides is 1. The van der Waals surface area contributed by atoms with E-state index in [9.17, 15) is 9.59 Å². The first-order valence-electron chi connectivity index (χ1n) is 15.5. The van der Waals surface area contributed by atoms with Crippen LogP contribution in [0.3, 0.4) is 0 Å². The van der Waals surface area contributed by atoms with Crippen LogP contribution in [-0.2, 0) is 29.7 Å². The zero-order valence-corrected chi connectivity index (χ0v) is 26.2. The van der Waals surface area contributed by atoms with Crippen molar-refractivity contribution in [2.45, 2.75) is 52.6 Å². The van der Waals surface area contributed by atoms with Crippen LogP contribution in [0.25, 0.3) is 16.6 Å². The molecule has 2 aromatic carbocycles. The van der Waals surface area contributed by atoms with Gasteiger partial charge in [0.05, 0.1) is 35.3 Å². The third-order valence-corrected chi connectivity index (χ3v) is 7.98. The number of Topliss-reactive ketones (excluding diaryl/α,β-unsaturated/α-hetero) is 1. The molecule has 0 bridgehead atoms. The third-order valence-electron chi connectivity index (χ3n) is 7.98. The first-order valence-corrected chi connectivity index (χ1v) is 15.5. The van der Waals surface area contributed by atoms with Crippen LogP contribution in [0.2, 0.25) is 0 Å². The molecule has 9 nitrogen and oxygen atoms in total. The summed E-state index contributed by atoms with van der Waals surface area (Å²) < 4.78 is 37.1. The number of nitrogens with zero attached hydrogens (tertiary/aromatic N) is 3. The predicted octanol–water partition coefficient (Wildman–Crippen LogP) is 7.19. The zero-order valence-electron chi connectivity index (χ0n) is 26.2. The minimum atomic E-state index is -0.604. The number of pyridine rings is 1. The van der Waals surface area contributed by atoms with Crippen molar-refractivity contribution in [3.63, 3.8) is 0 Å². The van der Waals surface area contributed by atoms with Gasteiger partial charge in [-0.25, -0.2) is 4.39 Å². The van der Waals surface area contributed by atoms with Crippen LogP contribution >= 0.6 is 0 Å². The van der Waals surface area contributed by atoms with Gasteiger partial charge in [-0.2, -0.15) is 5.10 Å². The lowest BCUT2D eigenvalue weighted by molar-refractivity contribution is -0.168. The molecule has 1 atom stereocenters. The molecule has 3 aromatic heterocycles. The van der Waals surface area contributed by atoms with Gasteiger partial charge in [0.1, 0.15) is 12.4 Å². The Morgan fingerprint density at radius 3 is 2.61 bits per heavy atom. The number of aromatic nitrogens is 3. The normalized spacial score (nSPS) is 14.9. The summed E-state index contributed by atoms with van der Waals surface area (Å²) in [6, 6.07) is 18.0. The number of nitrogens with one attached hydrogen (secondary N) is 1. The van der Waals surface area contributed by atoms with E-state index in [1.165, 1.54) is 0 Å². The Hall–Kier alpha value is -4.80. The van der Waals surface area contributed by atoms with Gasteiger partial charge in [-0.3, -0.25) is 14.3 Å². The Labute approximate surface area is 266 Å². The largest absolute Gasteiger partial charge is 0.489 e. The van der Waals surface area contributed by atoms with E-state index in [1.54, 1.807) is 78.9 Å². The molecule has 10 heteroatoms. The molecule has 238 valence electrons. The molecule has 4 heterocycles. The number of benzene rings is 2. The lowest BCUT2D eigenvalue weighted by atomic mass is 10.0. The molecular weight excluding hydrogens is 587 g/mol. The topological polar surface area (TPSA) is 96.1 Å². The second-order valence-electron chi connectivity index (χ2n) is 11.8. The van der Waals surface area contributed by atoms with Gasteiger partial charge in [-0.1, -0.05) is 44.2 Å². The maximum atomic E-state index is 16.1. The summed E-state index contributed by atoms with van der Waals surface area (Å²) in [5, 5.41) is 6.98. The summed E-state index contributed by atoms with van der Waals surface area (Å²) in [6.07, 6.45) is 7.47. The number of ether oxygens (including phenoxy) is 3. The van der Waals surface area contributed by atoms with Gasteiger partial charge in [-0.15, -0.1) is 0 Å². The van der Waals surface area contributed by atoms with Gasteiger partial charge in [0.25, 0.3) is 5.91 Å². The van der Waals surface area contributed by atoms with Crippen molar-refractivity contribution < 1.29 is 28.2 Å². The molecule has 1 aliphatic heterocycles. The van der Waals surface area contributed by atoms with Crippen molar-refractivity contribution in [1.82, 2.24) is 14.2 Å². The van der Waals surface area contributed by atoms with Crippen molar-refractivity contribution in [2.24, 2.45) is 13.0 Å². The fourth-order valence-electron chi connectivity index (χ4n) is 5.53. The van der Waals surface area contributed by atoms with E-state index in [4.69, 9.17) is 14.2 Å². The Morgan fingerprint density at radius 1 is 1.07 bits per heavy atom. The second-order valence-corrected chi connectivity index (χ2v) is 11.8. The van der Waals surface area contributed by atoms with E-state index in [0.29, 0.717) is 41.3 Å². The number of aryl methyl sites for hydroxylation is 1. The number of rotatable bonds is 11. The molecule has 0 aliphatic carbocycles. The lowest BCUT2D eigenvalue weighted by Gasteiger charge is -2.23. The summed E-state index contributed by atoms with van der Waals surface area (Å²) in [5.74, 6) is -1.06. The fourth-order valence-corrected chi connectivity index (χ4v) is 5.53. The van der Waals surface area contributed by atoms with Gasteiger partial charge in [0.2, 0.25) is 0 Å². The molecular formula is C36H37FN4O5. The standard InChI is InChI=1S/C36H37FN4O5/c1-23(2)35(42)32-18-29(31-17-27(12-13-41(31)32)45-21-24-9-5-4-6-10-24)36(43)39-30-16-25(22-46-33-11-7-8-14-44-33)15-28(34(30)37)26-19-38-40(3)20-26/h4-6,9-10,12-13,15-20,23,33H,7-8,11,14,21-22H2,1-3H3,(H,39,43). The van der Waals surface area contributed by atoms with Crippen molar-refractivity contribution in [2.75, 3.05) is 11.9 Å². The van der Waals surface area contributed by atoms with Crippen LogP contribution in [0.1, 0.15) is 65.1 Å². The summed E-state index contributed by atoms with van der Waals surface area (Å²) in [6.45, 7) is 4.76. The summed E-state index contributed by atoms with van der Waals surface area (Å²) >= 11 is 0. The average Bonchev–Trinajstić information content (AvgIpc) is 3.68. The minimum Gasteiger partial charge on any atom is -0.489 e. The Morgan fingerprint density at radius 2 is 1.89 bits per heavy atom. The van der Waals surface area contributed by atoms with Crippen LogP contribution in [-0.4, -0.2) is 38.8 Å². The monoisotopic (exact) mass is 624 g/mol. The maximum Gasteiger partial charge on any atom is 0.257 e. The number of halogens is 1. The second kappa shape index (κ2) is 13.7. The van der Waals surface area contributed by atoms with Gasteiger partial charge in [0.15, 0.2) is 17.9 Å². The fraction of sp³-hybridized carbons (Fsp3) is 0.306. The molecule has 46 heavy (non-hydrogen) atoms. The van der Waals surface area contributed by atoms with Crippen LogP contribution in [0, 0.1) is 11.7 Å². The Balaban J connectivity index is 1.34. The highest BCUT2D eigenvalue weighted by Crippen LogP contribution is 2.32. The van der Waals surface area contributed by atoms with E-state index in [1.807, 2.05) is 30.3 Å². The molecule has 0 saturated carbocycles. The summed E-state index contributed by atoms with van der Waals surface area (Å²) in [4.78, 5) is 27.1. The summed E-state index contributed by atoms with van der Waals surface area (Å²) in [7, 11) is 1.75. The van der Waals surface area contributed by atoms with Gasteiger partial charge >= 0.3 is 0 Å². The highest BCUT2D eigenvalue weighted by atomic mass is 19.1. The SMILES string of the molecule is CC(C)C(=O)c1cc(C(=O)Nc2cc(COC3CCCCO3)cc(-c3cnn(C)c3)c2F)c2cc(OCc3ccccc3)ccn12. The number of hydrogen-bond acceptors (Lipinski definition) is 6. The Kier molecular flexibility index (Phi) is 9.28. The van der Waals surface area contributed by atoms with Gasteiger partial charge in [0, 0.05) is 49.2 Å². The van der Waals surface area contributed by atoms with E-state index in [-0.39, 0.29) is 41.4 Å². The highest BCUT2D eigenvalue weighted by Gasteiger charge is 2.24. The number of carbonyl (C=O) groups is 2. The maximum absolute atomic E-state index is 16.1. The molecule has 1 N–H and O–H groups in total. The van der Waals surface area contributed by atoms with Crippen molar-refractivity contribution in [3.05, 3.63) is 107 Å². The zero-order chi connectivity index (χ0) is 32.2. The van der Waals surface area contributed by atoms with E-state index >= 15 is 4.39 Å². The smallest absolute Gasteiger partial charge is 0.257 e. The molecule has 0 spiro atoms. The first-order chi connectivity index (χ1) is 22.3. The van der Waals surface area contributed by atoms with E-state index in [0.717, 1.165) is 24.8 Å². The molecule has 6 rings (SSSR count). The molecule has 5 aromatic rings. The van der Waals surface area contributed by atoms with Crippen LogP contribution < -0.4 is 10.1 Å².